The lowest BCUT2D eigenvalue weighted by Crippen LogP contribution is -2.22. The molecule has 1 saturated carbocycles. The lowest BCUT2D eigenvalue weighted by Gasteiger charge is -2.21. The van der Waals surface area contributed by atoms with E-state index in [-0.39, 0.29) is 17.3 Å². The molecule has 1 atom stereocenters. The van der Waals surface area contributed by atoms with E-state index < -0.39 is 21.3 Å². The number of unbranched alkanes of at least 4 members (excludes halogenated alkanes) is 1. The van der Waals surface area contributed by atoms with Crippen molar-refractivity contribution in [2.75, 3.05) is 17.8 Å². The minimum Gasteiger partial charge on any atom is -0.294 e. The van der Waals surface area contributed by atoms with E-state index in [1.165, 1.54) is 32.1 Å². The van der Waals surface area contributed by atoms with Crippen LogP contribution in [0.4, 0.5) is 0 Å². The number of carbonyl (C=O) groups is 1. The minimum atomic E-state index is -3.48. The van der Waals surface area contributed by atoms with Crippen molar-refractivity contribution < 1.29 is 16.8 Å². The first kappa shape index (κ1) is 20.0. The van der Waals surface area contributed by atoms with Gasteiger partial charge in [-0.2, -0.15) is 8.42 Å². The van der Waals surface area contributed by atoms with Gasteiger partial charge in [-0.15, -0.1) is 0 Å². The van der Waals surface area contributed by atoms with Crippen LogP contribution in [0.25, 0.3) is 0 Å². The molecule has 4 nitrogen and oxygen atoms in total. The molecule has 0 saturated heterocycles. The van der Waals surface area contributed by atoms with Gasteiger partial charge in [-0.25, -0.2) is 0 Å². The first-order valence-corrected chi connectivity index (χ1v) is 11.8. The summed E-state index contributed by atoms with van der Waals surface area (Å²) in [4.78, 5) is 11.5. The first-order valence-electron chi connectivity index (χ1n) is 8.50. The molecule has 0 spiro atoms. The molecule has 0 amide bonds. The van der Waals surface area contributed by atoms with Crippen LogP contribution in [0, 0.1) is 5.92 Å². The fourth-order valence-electron chi connectivity index (χ4n) is 3.00. The standard InChI is InChI=1S/C16H31O4S2/c1-3-9-16(17)14-21(2)20-22(18,19)13-8-7-12-15-10-5-4-6-11-15/h15H,3-14H2,1-2H3/q+1. The zero-order valence-electron chi connectivity index (χ0n) is 14.0. The summed E-state index contributed by atoms with van der Waals surface area (Å²) in [7, 11) is -3.48. The van der Waals surface area contributed by atoms with Gasteiger partial charge in [0.1, 0.15) is 6.26 Å². The molecule has 0 aromatic carbocycles. The van der Waals surface area contributed by atoms with E-state index in [0.29, 0.717) is 12.8 Å². The largest absolute Gasteiger partial charge is 0.311 e. The van der Waals surface area contributed by atoms with Crippen LogP contribution in [0.5, 0.6) is 0 Å². The van der Waals surface area contributed by atoms with E-state index in [4.69, 9.17) is 3.63 Å². The van der Waals surface area contributed by atoms with Crippen molar-refractivity contribution in [1.82, 2.24) is 0 Å². The predicted molar refractivity (Wildman–Crippen MR) is 93.4 cm³/mol. The summed E-state index contributed by atoms with van der Waals surface area (Å²) >= 11 is -0.818. The lowest BCUT2D eigenvalue weighted by molar-refractivity contribution is -0.116. The highest BCUT2D eigenvalue weighted by Crippen LogP contribution is 2.27. The number of carbonyl (C=O) groups excluding carboxylic acids is 1. The van der Waals surface area contributed by atoms with Crippen LogP contribution in [0.1, 0.15) is 71.1 Å². The Labute approximate surface area is 139 Å². The minimum absolute atomic E-state index is 0.0824. The van der Waals surface area contributed by atoms with Gasteiger partial charge in [-0.1, -0.05) is 51.9 Å². The predicted octanol–water partition coefficient (Wildman–Crippen LogP) is 3.62. The van der Waals surface area contributed by atoms with Crippen molar-refractivity contribution >= 4 is 27.1 Å². The van der Waals surface area contributed by atoms with E-state index in [9.17, 15) is 13.2 Å². The fraction of sp³-hybridized carbons (Fsp3) is 0.938. The number of rotatable bonds is 11. The number of Topliss-reactive ketones (excluding diaryl/α,β-unsaturated/α-hetero) is 1. The number of hydrogen-bond donors (Lipinski definition) is 0. The third-order valence-corrected chi connectivity index (χ3v) is 7.37. The average molecular weight is 352 g/mol. The fourth-order valence-corrected chi connectivity index (χ4v) is 6.04. The van der Waals surface area contributed by atoms with Gasteiger partial charge in [-0.3, -0.25) is 4.79 Å². The molecule has 0 aromatic rings. The Morgan fingerprint density at radius 3 is 2.50 bits per heavy atom. The molecule has 0 aliphatic heterocycles. The highest BCUT2D eigenvalue weighted by molar-refractivity contribution is 8.02. The zero-order valence-corrected chi connectivity index (χ0v) is 15.6. The summed E-state index contributed by atoms with van der Waals surface area (Å²) in [5, 5.41) is 0. The summed E-state index contributed by atoms with van der Waals surface area (Å²) < 4.78 is 28.9. The van der Waals surface area contributed by atoms with E-state index >= 15 is 0 Å². The van der Waals surface area contributed by atoms with Gasteiger partial charge >= 0.3 is 10.1 Å². The van der Waals surface area contributed by atoms with Crippen molar-refractivity contribution in [3.05, 3.63) is 0 Å². The van der Waals surface area contributed by atoms with Crippen molar-refractivity contribution in [2.45, 2.75) is 71.1 Å². The Morgan fingerprint density at radius 2 is 1.86 bits per heavy atom. The van der Waals surface area contributed by atoms with Crippen molar-refractivity contribution in [1.29, 1.82) is 0 Å². The summed E-state index contributed by atoms with van der Waals surface area (Å²) in [6.45, 7) is 1.94. The van der Waals surface area contributed by atoms with Crippen LogP contribution >= 0.6 is 0 Å². The summed E-state index contributed by atoms with van der Waals surface area (Å²) in [5.74, 6) is 1.18. The molecule has 0 N–H and O–H groups in total. The van der Waals surface area contributed by atoms with E-state index in [0.717, 1.165) is 25.2 Å². The maximum Gasteiger partial charge on any atom is 0.311 e. The van der Waals surface area contributed by atoms with E-state index in [2.05, 4.69) is 0 Å². The first-order chi connectivity index (χ1) is 10.4. The zero-order chi connectivity index (χ0) is 16.4. The van der Waals surface area contributed by atoms with Crippen LogP contribution in [-0.4, -0.2) is 32.0 Å². The van der Waals surface area contributed by atoms with Crippen LogP contribution in [0.2, 0.25) is 0 Å². The quantitative estimate of drug-likeness (QED) is 0.421. The van der Waals surface area contributed by atoms with E-state index in [1.807, 2.05) is 6.92 Å². The smallest absolute Gasteiger partial charge is 0.294 e. The molecule has 130 valence electrons. The summed E-state index contributed by atoms with van der Waals surface area (Å²) in [5.41, 5.74) is 0. The topological polar surface area (TPSA) is 60.4 Å². The normalized spacial score (nSPS) is 18.3. The van der Waals surface area contributed by atoms with Crippen LogP contribution in [0.15, 0.2) is 0 Å². The van der Waals surface area contributed by atoms with Crippen LogP contribution < -0.4 is 0 Å². The second-order valence-electron chi connectivity index (χ2n) is 6.34. The Bertz CT molecular complexity index is 414. The molecule has 0 aromatic heterocycles. The monoisotopic (exact) mass is 351 g/mol. The number of ketones is 1. The molecule has 1 fully saturated rings. The molecule has 1 aliphatic rings. The van der Waals surface area contributed by atoms with E-state index in [1.54, 1.807) is 6.26 Å². The SMILES string of the molecule is CCCC(=O)C[S+](C)OS(=O)(=O)CCCCC1CCCCC1. The average Bonchev–Trinajstić information content (AvgIpc) is 2.44. The molecular weight excluding hydrogens is 320 g/mol. The highest BCUT2D eigenvalue weighted by Gasteiger charge is 2.27. The molecule has 1 aliphatic carbocycles. The third-order valence-electron chi connectivity index (χ3n) is 4.09. The second-order valence-corrected chi connectivity index (χ2v) is 9.84. The Balaban J connectivity index is 2.18. The van der Waals surface area contributed by atoms with Crippen LogP contribution in [0.3, 0.4) is 0 Å². The Morgan fingerprint density at radius 1 is 1.18 bits per heavy atom. The van der Waals surface area contributed by atoms with Gasteiger partial charge in [0, 0.05) is 6.42 Å². The van der Waals surface area contributed by atoms with Gasteiger partial charge in [0.05, 0.1) is 5.75 Å². The van der Waals surface area contributed by atoms with Crippen molar-refractivity contribution in [3.63, 3.8) is 0 Å². The molecular formula is C16H31O4S2+. The maximum atomic E-state index is 11.9. The molecule has 0 radical (unpaired) electrons. The van der Waals surface area contributed by atoms with Gasteiger partial charge in [0.25, 0.3) is 0 Å². The highest BCUT2D eigenvalue weighted by atomic mass is 32.3. The summed E-state index contributed by atoms with van der Waals surface area (Å²) in [6, 6.07) is 0. The molecule has 1 unspecified atom stereocenters. The lowest BCUT2D eigenvalue weighted by atomic mass is 9.86. The van der Waals surface area contributed by atoms with Crippen LogP contribution in [-0.2, 0) is 29.7 Å². The van der Waals surface area contributed by atoms with Crippen molar-refractivity contribution in [2.24, 2.45) is 5.92 Å². The third kappa shape index (κ3) is 9.16. The van der Waals surface area contributed by atoms with Gasteiger partial charge < -0.3 is 0 Å². The Hall–Kier alpha value is -0.0700. The molecule has 0 bridgehead atoms. The van der Waals surface area contributed by atoms with Gasteiger partial charge in [0.15, 0.2) is 22.7 Å². The maximum absolute atomic E-state index is 11.9. The van der Waals surface area contributed by atoms with Gasteiger partial charge in [-0.05, 0) is 22.4 Å². The molecule has 0 heterocycles. The molecule has 22 heavy (non-hydrogen) atoms. The van der Waals surface area contributed by atoms with Gasteiger partial charge in [0.2, 0.25) is 0 Å². The summed E-state index contributed by atoms with van der Waals surface area (Å²) in [6.07, 6.45) is 12.4. The van der Waals surface area contributed by atoms with Crippen molar-refractivity contribution in [3.8, 4) is 0 Å². The molecule has 1 rings (SSSR count). The molecule has 6 heteroatoms. The number of hydrogen-bond acceptors (Lipinski definition) is 4. The second kappa shape index (κ2) is 10.7. The Kier molecular flexibility index (Phi) is 9.68.